The Morgan fingerprint density at radius 1 is 0.438 bits per heavy atom. The van der Waals surface area contributed by atoms with Crippen molar-refractivity contribution in [2.75, 3.05) is 0 Å². The van der Waals surface area contributed by atoms with E-state index in [0.29, 0.717) is 0 Å². The molecule has 2 aromatic rings. The lowest BCUT2D eigenvalue weighted by molar-refractivity contribution is 0.504. The van der Waals surface area contributed by atoms with E-state index in [9.17, 15) is 0 Å². The molecule has 0 bridgehead atoms. The van der Waals surface area contributed by atoms with Crippen LogP contribution in [0.1, 0.15) is 25.7 Å². The summed E-state index contributed by atoms with van der Waals surface area (Å²) in [4.78, 5) is 0. The van der Waals surface area contributed by atoms with E-state index in [0.717, 1.165) is 0 Å². The highest BCUT2D eigenvalue weighted by molar-refractivity contribution is 6.02. The number of rotatable bonds is 0. The third kappa shape index (κ3) is 1.55. The van der Waals surface area contributed by atoms with E-state index in [-0.39, 0.29) is 0 Å². The minimum atomic E-state index is 1.40. The molecule has 0 radical (unpaired) electrons. The molecule has 0 heteroatoms. The third-order valence-corrected chi connectivity index (χ3v) is 3.43. The van der Waals surface area contributed by atoms with E-state index in [2.05, 4.69) is 48.5 Å². The van der Waals surface area contributed by atoms with Gasteiger partial charge in [-0.25, -0.2) is 0 Å². The van der Waals surface area contributed by atoms with Crippen LogP contribution in [0.3, 0.4) is 0 Å². The Bertz CT molecular complexity index is 389. The van der Waals surface area contributed by atoms with E-state index in [1.807, 2.05) is 0 Å². The van der Waals surface area contributed by atoms with Crippen LogP contribution in [-0.2, 0) is 0 Å². The fourth-order valence-electron chi connectivity index (χ4n) is 2.09. The molecule has 0 nitrogen and oxygen atoms in total. The van der Waals surface area contributed by atoms with Crippen LogP contribution in [0, 0.1) is 0 Å². The molecule has 1 fully saturated rings. The number of fused-ring (bicyclic) bond motifs is 4. The van der Waals surface area contributed by atoms with Crippen molar-refractivity contribution in [1.29, 1.82) is 0 Å². The molecule has 80 valence electrons. The van der Waals surface area contributed by atoms with Gasteiger partial charge in [0.05, 0.1) is 0 Å². The molecule has 0 N–H and O–H groups in total. The molecule has 0 aromatic heterocycles. The lowest BCUT2D eigenvalue weighted by atomic mass is 9.81. The molecule has 2 aliphatic carbocycles. The summed E-state index contributed by atoms with van der Waals surface area (Å²) in [6.45, 7) is 0. The van der Waals surface area contributed by atoms with Crippen molar-refractivity contribution in [2.24, 2.45) is 0 Å². The monoisotopic (exact) mass is 208 g/mol. The Kier molecular flexibility index (Phi) is 2.49. The zero-order valence-electron chi connectivity index (χ0n) is 9.45. The van der Waals surface area contributed by atoms with Gasteiger partial charge in [0.15, 0.2) is 0 Å². The van der Waals surface area contributed by atoms with E-state index < -0.39 is 0 Å². The van der Waals surface area contributed by atoms with Gasteiger partial charge in [-0.05, 0) is 22.3 Å². The molecule has 0 atom stereocenters. The van der Waals surface area contributed by atoms with Crippen LogP contribution in [0.4, 0.5) is 0 Å². The highest BCUT2D eigenvalue weighted by Gasteiger charge is 2.19. The molecule has 0 unspecified atom stereocenters. The Morgan fingerprint density at radius 3 is 0.875 bits per heavy atom. The smallest absolute Gasteiger partial charge is 0.00990 e. The Hall–Kier alpha value is -1.56. The second-order valence-corrected chi connectivity index (χ2v) is 4.51. The largest absolute Gasteiger partial charge is 0.0616 e. The van der Waals surface area contributed by atoms with E-state index in [1.54, 1.807) is 0 Å². The Morgan fingerprint density at radius 2 is 0.688 bits per heavy atom. The SMILES string of the molecule is C1CCC1.c1ccc2c(c1)-c1ccccc1-2. The first-order chi connectivity index (χ1) is 7.97. The first-order valence-corrected chi connectivity index (χ1v) is 6.15. The maximum absolute atomic E-state index is 2.18. The van der Waals surface area contributed by atoms with Gasteiger partial charge in [0.1, 0.15) is 0 Å². The maximum Gasteiger partial charge on any atom is -0.00990 e. The van der Waals surface area contributed by atoms with Crippen molar-refractivity contribution in [3.8, 4) is 22.3 Å². The fraction of sp³-hybridized carbons (Fsp3) is 0.250. The van der Waals surface area contributed by atoms with Crippen molar-refractivity contribution < 1.29 is 0 Å². The second kappa shape index (κ2) is 4.13. The lowest BCUT2D eigenvalue weighted by Gasteiger charge is -2.22. The van der Waals surface area contributed by atoms with E-state index >= 15 is 0 Å². The minimum absolute atomic E-state index is 1.40. The molecule has 2 aliphatic rings. The van der Waals surface area contributed by atoms with Crippen LogP contribution in [0.2, 0.25) is 0 Å². The van der Waals surface area contributed by atoms with E-state index in [1.165, 1.54) is 47.9 Å². The molecule has 1 saturated carbocycles. The van der Waals surface area contributed by atoms with Crippen LogP contribution < -0.4 is 0 Å². The van der Waals surface area contributed by atoms with Crippen molar-refractivity contribution in [2.45, 2.75) is 25.7 Å². The average molecular weight is 208 g/mol. The van der Waals surface area contributed by atoms with Gasteiger partial charge in [0.2, 0.25) is 0 Å². The minimum Gasteiger partial charge on any atom is -0.0616 e. The first kappa shape index (κ1) is 9.65. The molecule has 0 heterocycles. The highest BCUT2D eigenvalue weighted by atomic mass is 14.2. The van der Waals surface area contributed by atoms with Crippen LogP contribution in [0.25, 0.3) is 22.3 Å². The normalized spacial score (nSPS) is 14.5. The third-order valence-electron chi connectivity index (χ3n) is 3.43. The topological polar surface area (TPSA) is 0 Å². The van der Waals surface area contributed by atoms with Gasteiger partial charge in [-0.1, -0.05) is 74.2 Å². The molecule has 0 saturated heterocycles. The summed E-state index contributed by atoms with van der Waals surface area (Å²) < 4.78 is 0. The standard InChI is InChI=1S/C12H8.C4H8/c1-2-6-10-9(5-1)11-7-3-4-8-12(10)11;1-2-4-3-1/h1-8H;1-4H2. The quantitative estimate of drug-likeness (QED) is 0.493. The molecule has 16 heavy (non-hydrogen) atoms. The predicted molar refractivity (Wildman–Crippen MR) is 69.3 cm³/mol. The van der Waals surface area contributed by atoms with E-state index in [4.69, 9.17) is 0 Å². The van der Waals surface area contributed by atoms with Crippen molar-refractivity contribution in [3.05, 3.63) is 48.5 Å². The van der Waals surface area contributed by atoms with Crippen molar-refractivity contribution >= 4 is 0 Å². The van der Waals surface area contributed by atoms with Crippen LogP contribution in [0.5, 0.6) is 0 Å². The van der Waals surface area contributed by atoms with Crippen LogP contribution in [0.15, 0.2) is 48.5 Å². The molecular formula is C16H16. The van der Waals surface area contributed by atoms with Gasteiger partial charge in [0, 0.05) is 0 Å². The van der Waals surface area contributed by atoms with Crippen LogP contribution in [-0.4, -0.2) is 0 Å². The van der Waals surface area contributed by atoms with Gasteiger partial charge in [0.25, 0.3) is 0 Å². The molecule has 0 spiro atoms. The molecule has 0 aliphatic heterocycles. The summed E-state index contributed by atoms with van der Waals surface area (Å²) in [7, 11) is 0. The fourth-order valence-corrected chi connectivity index (χ4v) is 2.09. The Labute approximate surface area is 96.9 Å². The molecule has 4 rings (SSSR count). The van der Waals surface area contributed by atoms with Crippen molar-refractivity contribution in [3.63, 3.8) is 0 Å². The lowest BCUT2D eigenvalue weighted by Crippen LogP contribution is -1.96. The summed E-state index contributed by atoms with van der Waals surface area (Å²) >= 11 is 0. The van der Waals surface area contributed by atoms with Gasteiger partial charge in [-0.3, -0.25) is 0 Å². The summed E-state index contributed by atoms with van der Waals surface area (Å²) in [6, 6.07) is 17.1. The van der Waals surface area contributed by atoms with Gasteiger partial charge in [-0.15, -0.1) is 0 Å². The summed E-state index contributed by atoms with van der Waals surface area (Å²) in [5, 5.41) is 0. The summed E-state index contributed by atoms with van der Waals surface area (Å²) in [5.74, 6) is 0. The van der Waals surface area contributed by atoms with Gasteiger partial charge < -0.3 is 0 Å². The van der Waals surface area contributed by atoms with Gasteiger partial charge >= 0.3 is 0 Å². The Balaban J connectivity index is 0.000000172. The number of hydrogen-bond donors (Lipinski definition) is 0. The highest BCUT2D eigenvalue weighted by Crippen LogP contribution is 2.46. The molecular weight excluding hydrogens is 192 g/mol. The zero-order valence-corrected chi connectivity index (χ0v) is 9.45. The number of benzene rings is 2. The van der Waals surface area contributed by atoms with Crippen molar-refractivity contribution in [1.82, 2.24) is 0 Å². The molecule has 2 aromatic carbocycles. The van der Waals surface area contributed by atoms with Gasteiger partial charge in [-0.2, -0.15) is 0 Å². The summed E-state index contributed by atoms with van der Waals surface area (Å²) in [5.41, 5.74) is 5.59. The average Bonchev–Trinajstić information content (AvgIpc) is 2.23. The zero-order chi connectivity index (χ0) is 10.8. The predicted octanol–water partition coefficient (Wildman–Crippen LogP) is 4.89. The maximum atomic E-state index is 2.18. The summed E-state index contributed by atoms with van der Waals surface area (Å²) in [6.07, 6.45) is 6.00. The second-order valence-electron chi connectivity index (χ2n) is 4.51. The van der Waals surface area contributed by atoms with Crippen LogP contribution >= 0.6 is 0 Å². The first-order valence-electron chi connectivity index (χ1n) is 6.15. The molecule has 0 amide bonds. The number of hydrogen-bond acceptors (Lipinski definition) is 0.